The van der Waals surface area contributed by atoms with E-state index >= 15 is 0 Å². The van der Waals surface area contributed by atoms with E-state index < -0.39 is 0 Å². The molecule has 0 saturated heterocycles. The zero-order valence-corrected chi connectivity index (χ0v) is 9.80. The second-order valence-electron chi connectivity index (χ2n) is 4.21. The smallest absolute Gasteiger partial charge is 0.136 e. The minimum absolute atomic E-state index is 0.0911. The Bertz CT molecular complexity index is 353. The van der Waals surface area contributed by atoms with Crippen molar-refractivity contribution in [3.63, 3.8) is 0 Å². The van der Waals surface area contributed by atoms with Gasteiger partial charge in [-0.25, -0.2) is 0 Å². The summed E-state index contributed by atoms with van der Waals surface area (Å²) in [6.07, 6.45) is 0.998. The fourth-order valence-corrected chi connectivity index (χ4v) is 2.26. The van der Waals surface area contributed by atoms with E-state index in [1.807, 2.05) is 12.1 Å². The normalized spacial score (nSPS) is 25.4. The average Bonchev–Trinajstić information content (AvgIpc) is 2.18. The summed E-state index contributed by atoms with van der Waals surface area (Å²) in [7, 11) is 0. The highest BCUT2D eigenvalue weighted by Gasteiger charge is 2.30. The largest absolute Gasteiger partial charge is 0.491 e. The molecule has 14 heavy (non-hydrogen) atoms. The highest BCUT2D eigenvalue weighted by molar-refractivity contribution is 9.10. The van der Waals surface area contributed by atoms with Crippen molar-refractivity contribution in [2.75, 3.05) is 13.2 Å². The number of halogens is 1. The molecule has 3 heteroatoms. The van der Waals surface area contributed by atoms with Crippen molar-refractivity contribution >= 4 is 15.9 Å². The minimum atomic E-state index is 0.0911. The Kier molecular flexibility index (Phi) is 2.54. The molecule has 1 atom stereocenters. The van der Waals surface area contributed by atoms with Crippen LogP contribution in [0.3, 0.4) is 0 Å². The zero-order chi connectivity index (χ0) is 10.2. The molecule has 2 rings (SSSR count). The van der Waals surface area contributed by atoms with Crippen LogP contribution in [0.5, 0.6) is 5.75 Å². The molecule has 0 aliphatic carbocycles. The lowest BCUT2D eigenvalue weighted by Crippen LogP contribution is -2.38. The number of hydrogen-bond donors (Lipinski definition) is 1. The SMILES string of the molecule is CC1(CN)COc2c(Br)cccc2C1. The third-order valence-corrected chi connectivity index (χ3v) is 3.35. The van der Waals surface area contributed by atoms with Gasteiger partial charge in [-0.05, 0) is 34.0 Å². The Hall–Kier alpha value is -0.540. The van der Waals surface area contributed by atoms with Gasteiger partial charge in [-0.2, -0.15) is 0 Å². The van der Waals surface area contributed by atoms with Crippen molar-refractivity contribution in [1.82, 2.24) is 0 Å². The summed E-state index contributed by atoms with van der Waals surface area (Å²) in [4.78, 5) is 0. The topological polar surface area (TPSA) is 35.2 Å². The molecule has 0 fully saturated rings. The number of benzene rings is 1. The van der Waals surface area contributed by atoms with E-state index in [-0.39, 0.29) is 5.41 Å². The van der Waals surface area contributed by atoms with Crippen molar-refractivity contribution in [3.05, 3.63) is 28.2 Å². The summed E-state index contributed by atoms with van der Waals surface area (Å²) in [6.45, 7) is 3.54. The van der Waals surface area contributed by atoms with Gasteiger partial charge in [0.25, 0.3) is 0 Å². The van der Waals surface area contributed by atoms with Gasteiger partial charge in [0.05, 0.1) is 11.1 Å². The zero-order valence-electron chi connectivity index (χ0n) is 8.22. The summed E-state index contributed by atoms with van der Waals surface area (Å²) < 4.78 is 6.77. The monoisotopic (exact) mass is 255 g/mol. The second kappa shape index (κ2) is 3.55. The fourth-order valence-electron chi connectivity index (χ4n) is 1.74. The van der Waals surface area contributed by atoms with Crippen LogP contribution in [0, 0.1) is 5.41 Å². The van der Waals surface area contributed by atoms with E-state index in [0.717, 1.165) is 16.6 Å². The average molecular weight is 256 g/mol. The first-order valence-corrected chi connectivity index (χ1v) is 5.54. The molecule has 0 amide bonds. The van der Waals surface area contributed by atoms with Gasteiger partial charge >= 0.3 is 0 Å². The number of nitrogens with two attached hydrogens (primary N) is 1. The third-order valence-electron chi connectivity index (χ3n) is 2.72. The van der Waals surface area contributed by atoms with Gasteiger partial charge in [0.15, 0.2) is 0 Å². The van der Waals surface area contributed by atoms with E-state index in [0.29, 0.717) is 13.2 Å². The van der Waals surface area contributed by atoms with Crippen LogP contribution >= 0.6 is 15.9 Å². The first-order valence-electron chi connectivity index (χ1n) is 4.75. The van der Waals surface area contributed by atoms with E-state index in [4.69, 9.17) is 10.5 Å². The minimum Gasteiger partial charge on any atom is -0.491 e. The van der Waals surface area contributed by atoms with Gasteiger partial charge in [-0.3, -0.25) is 0 Å². The molecule has 1 aromatic carbocycles. The van der Waals surface area contributed by atoms with Crippen LogP contribution in [0.4, 0.5) is 0 Å². The lowest BCUT2D eigenvalue weighted by molar-refractivity contribution is 0.143. The molecule has 1 unspecified atom stereocenters. The van der Waals surface area contributed by atoms with Crippen LogP contribution in [-0.2, 0) is 6.42 Å². The number of fused-ring (bicyclic) bond motifs is 1. The van der Waals surface area contributed by atoms with Crippen molar-refractivity contribution in [2.24, 2.45) is 11.1 Å². The molecule has 0 bridgehead atoms. The summed E-state index contributed by atoms with van der Waals surface area (Å²) >= 11 is 3.49. The van der Waals surface area contributed by atoms with Crippen molar-refractivity contribution in [2.45, 2.75) is 13.3 Å². The first-order chi connectivity index (χ1) is 6.64. The molecular formula is C11H14BrNO. The molecule has 0 spiro atoms. The van der Waals surface area contributed by atoms with Crippen LogP contribution in [-0.4, -0.2) is 13.2 Å². The Morgan fingerprint density at radius 3 is 3.07 bits per heavy atom. The van der Waals surface area contributed by atoms with E-state index in [2.05, 4.69) is 28.9 Å². The molecule has 0 aromatic heterocycles. The van der Waals surface area contributed by atoms with Crippen LogP contribution in [0.1, 0.15) is 12.5 Å². The molecule has 0 saturated carbocycles. The standard InChI is InChI=1S/C11H14BrNO/c1-11(6-13)5-8-3-2-4-9(12)10(8)14-7-11/h2-4H,5-7,13H2,1H3. The maximum Gasteiger partial charge on any atom is 0.136 e. The molecule has 1 heterocycles. The lowest BCUT2D eigenvalue weighted by atomic mass is 9.82. The summed E-state index contributed by atoms with van der Waals surface area (Å²) in [5.74, 6) is 0.985. The molecule has 2 nitrogen and oxygen atoms in total. The maximum atomic E-state index is 5.74. The highest BCUT2D eigenvalue weighted by Crippen LogP contribution is 2.38. The van der Waals surface area contributed by atoms with Gasteiger partial charge in [0.1, 0.15) is 5.75 Å². The molecule has 1 aromatic rings. The Morgan fingerprint density at radius 1 is 1.57 bits per heavy atom. The molecule has 2 N–H and O–H groups in total. The van der Waals surface area contributed by atoms with Crippen LogP contribution in [0.2, 0.25) is 0 Å². The number of ether oxygens (including phenoxy) is 1. The number of para-hydroxylation sites is 1. The Labute approximate surface area is 92.6 Å². The summed E-state index contributed by atoms with van der Waals surface area (Å²) in [5.41, 5.74) is 7.08. The van der Waals surface area contributed by atoms with E-state index in [1.165, 1.54) is 5.56 Å². The predicted octanol–water partition coefficient (Wildman–Crippen LogP) is 2.35. The van der Waals surface area contributed by atoms with Gasteiger partial charge < -0.3 is 10.5 Å². The Balaban J connectivity index is 2.36. The number of hydrogen-bond acceptors (Lipinski definition) is 2. The van der Waals surface area contributed by atoms with Crippen molar-refractivity contribution < 1.29 is 4.74 Å². The quantitative estimate of drug-likeness (QED) is 0.837. The molecule has 0 radical (unpaired) electrons. The second-order valence-corrected chi connectivity index (χ2v) is 5.06. The van der Waals surface area contributed by atoms with Gasteiger partial charge in [0, 0.05) is 12.0 Å². The number of rotatable bonds is 1. The first kappa shape index (κ1) is 9.99. The molecular weight excluding hydrogens is 242 g/mol. The van der Waals surface area contributed by atoms with Crippen LogP contribution in [0.15, 0.2) is 22.7 Å². The highest BCUT2D eigenvalue weighted by atomic mass is 79.9. The summed E-state index contributed by atoms with van der Waals surface area (Å²) in [5, 5.41) is 0. The van der Waals surface area contributed by atoms with E-state index in [9.17, 15) is 0 Å². The van der Waals surface area contributed by atoms with Crippen molar-refractivity contribution in [1.29, 1.82) is 0 Å². The lowest BCUT2D eigenvalue weighted by Gasteiger charge is -2.34. The third kappa shape index (κ3) is 1.66. The van der Waals surface area contributed by atoms with Gasteiger partial charge in [-0.15, -0.1) is 0 Å². The van der Waals surface area contributed by atoms with E-state index in [1.54, 1.807) is 0 Å². The Morgan fingerprint density at radius 2 is 2.36 bits per heavy atom. The van der Waals surface area contributed by atoms with Gasteiger partial charge in [0.2, 0.25) is 0 Å². The molecule has 1 aliphatic rings. The predicted molar refractivity (Wildman–Crippen MR) is 60.5 cm³/mol. The summed E-state index contributed by atoms with van der Waals surface area (Å²) in [6, 6.07) is 6.14. The van der Waals surface area contributed by atoms with Crippen LogP contribution < -0.4 is 10.5 Å². The molecule has 1 aliphatic heterocycles. The maximum absolute atomic E-state index is 5.74. The van der Waals surface area contributed by atoms with Gasteiger partial charge in [-0.1, -0.05) is 19.1 Å². The van der Waals surface area contributed by atoms with Crippen LogP contribution in [0.25, 0.3) is 0 Å². The fraction of sp³-hybridized carbons (Fsp3) is 0.455. The van der Waals surface area contributed by atoms with Crippen molar-refractivity contribution in [3.8, 4) is 5.75 Å². The molecule has 76 valence electrons.